The predicted molar refractivity (Wildman–Crippen MR) is 115 cm³/mol. The average molecular weight is 421 g/mol. The van der Waals surface area contributed by atoms with Gasteiger partial charge < -0.3 is 19.1 Å². The van der Waals surface area contributed by atoms with Crippen LogP contribution in [0, 0.1) is 11.8 Å². The van der Waals surface area contributed by atoms with Crippen LogP contribution < -0.4 is 10.3 Å². The van der Waals surface area contributed by atoms with Crippen molar-refractivity contribution in [3.05, 3.63) is 64.1 Å². The van der Waals surface area contributed by atoms with Gasteiger partial charge in [0.05, 0.1) is 19.1 Å². The van der Waals surface area contributed by atoms with Crippen molar-refractivity contribution in [3.63, 3.8) is 0 Å². The predicted octanol–water partition coefficient (Wildman–Crippen LogP) is 2.02. The van der Waals surface area contributed by atoms with Crippen LogP contribution in [0.5, 0.6) is 5.75 Å². The number of nitrogens with zero attached hydrogens (tertiary/aromatic N) is 3. The highest BCUT2D eigenvalue weighted by atomic mass is 16.5. The molecule has 1 aromatic carbocycles. The summed E-state index contributed by atoms with van der Waals surface area (Å²) in [5, 5.41) is 0. The number of hydrogen-bond acceptors (Lipinski definition) is 4. The SMILES string of the molecule is COc1ccc([C@H]2[C@@H](C(=O)N3C[C@@H]4C[C@H](C3)c3cccc(=O)n3C4)CC(=O)N2C)cc1. The largest absolute Gasteiger partial charge is 0.497 e. The topological polar surface area (TPSA) is 71.8 Å². The molecule has 3 aliphatic heterocycles. The highest BCUT2D eigenvalue weighted by molar-refractivity contribution is 5.90. The molecule has 5 rings (SSSR count). The third kappa shape index (κ3) is 3.32. The van der Waals surface area contributed by atoms with E-state index < -0.39 is 5.92 Å². The maximum Gasteiger partial charge on any atom is 0.250 e. The molecule has 7 nitrogen and oxygen atoms in total. The molecule has 3 aliphatic rings. The van der Waals surface area contributed by atoms with Crippen molar-refractivity contribution < 1.29 is 14.3 Å². The minimum absolute atomic E-state index is 0.00623. The first-order chi connectivity index (χ1) is 15.0. The molecule has 0 unspecified atom stereocenters. The van der Waals surface area contributed by atoms with E-state index in [2.05, 4.69) is 0 Å². The van der Waals surface area contributed by atoms with Crippen molar-refractivity contribution >= 4 is 11.8 Å². The van der Waals surface area contributed by atoms with E-state index in [1.165, 1.54) is 0 Å². The molecule has 0 spiro atoms. The molecule has 2 amide bonds. The Bertz CT molecular complexity index is 1080. The van der Waals surface area contributed by atoms with Gasteiger partial charge in [0, 0.05) is 50.8 Å². The second-order valence-corrected chi connectivity index (χ2v) is 8.97. The fourth-order valence-electron chi connectivity index (χ4n) is 5.66. The van der Waals surface area contributed by atoms with Gasteiger partial charge in [-0.3, -0.25) is 14.4 Å². The number of likely N-dealkylation sites (tertiary alicyclic amines) is 2. The first-order valence-corrected chi connectivity index (χ1v) is 10.8. The molecule has 162 valence electrons. The number of piperidine rings is 1. The van der Waals surface area contributed by atoms with Crippen LogP contribution in [-0.2, 0) is 16.1 Å². The van der Waals surface area contributed by atoms with Gasteiger partial charge in [-0.15, -0.1) is 0 Å². The van der Waals surface area contributed by atoms with E-state index >= 15 is 0 Å². The van der Waals surface area contributed by atoms with Crippen LogP contribution in [0.4, 0.5) is 0 Å². The number of carbonyl (C=O) groups is 2. The molecule has 2 saturated heterocycles. The van der Waals surface area contributed by atoms with Crippen molar-refractivity contribution in [3.8, 4) is 5.75 Å². The molecule has 7 heteroatoms. The van der Waals surface area contributed by atoms with Crippen LogP contribution in [0.15, 0.2) is 47.3 Å². The third-order valence-electron chi connectivity index (χ3n) is 7.15. The van der Waals surface area contributed by atoms with Gasteiger partial charge in [0.25, 0.3) is 5.56 Å². The van der Waals surface area contributed by atoms with Crippen LogP contribution in [0.1, 0.15) is 36.1 Å². The molecule has 0 N–H and O–H groups in total. The van der Waals surface area contributed by atoms with Crippen LogP contribution in [-0.4, -0.2) is 53.4 Å². The highest BCUT2D eigenvalue weighted by Gasteiger charge is 2.46. The van der Waals surface area contributed by atoms with Crippen molar-refractivity contribution in [1.82, 2.24) is 14.4 Å². The number of amides is 2. The van der Waals surface area contributed by atoms with E-state index in [0.29, 0.717) is 19.6 Å². The Morgan fingerprint density at radius 2 is 1.81 bits per heavy atom. The Morgan fingerprint density at radius 1 is 1.03 bits per heavy atom. The van der Waals surface area contributed by atoms with E-state index in [0.717, 1.165) is 23.4 Å². The molecule has 0 aliphatic carbocycles. The highest BCUT2D eigenvalue weighted by Crippen LogP contribution is 2.41. The monoisotopic (exact) mass is 421 g/mol. The zero-order valence-corrected chi connectivity index (χ0v) is 17.9. The van der Waals surface area contributed by atoms with Gasteiger partial charge in [0.1, 0.15) is 5.75 Å². The molecule has 2 aromatic rings. The standard InChI is InChI=1S/C24H27N3O4/c1-25-22(29)11-19(23(25)16-6-8-18(31-2)9-7-16)24(30)26-12-15-10-17(14-26)20-4-3-5-21(28)27(20)13-15/h3-9,15,17,19,23H,10-14H2,1-2H3/t15-,17+,19-,23-/m0/s1. The molecule has 2 bridgehead atoms. The zero-order chi connectivity index (χ0) is 21.7. The summed E-state index contributed by atoms with van der Waals surface area (Å²) in [5.41, 5.74) is 2.00. The number of pyridine rings is 1. The number of methoxy groups -OCH3 is 1. The minimum atomic E-state index is -0.400. The molecule has 0 radical (unpaired) electrons. The van der Waals surface area contributed by atoms with Crippen molar-refractivity contribution in [2.45, 2.75) is 31.3 Å². The summed E-state index contributed by atoms with van der Waals surface area (Å²) >= 11 is 0. The molecule has 1 aromatic heterocycles. The number of aromatic nitrogens is 1. The Morgan fingerprint density at radius 3 is 2.55 bits per heavy atom. The fraction of sp³-hybridized carbons (Fsp3) is 0.458. The van der Waals surface area contributed by atoms with Crippen LogP contribution in [0.2, 0.25) is 0 Å². The minimum Gasteiger partial charge on any atom is -0.497 e. The van der Waals surface area contributed by atoms with E-state index in [1.54, 1.807) is 31.2 Å². The van der Waals surface area contributed by atoms with Gasteiger partial charge in [-0.05, 0) is 36.1 Å². The first kappa shape index (κ1) is 19.8. The lowest BCUT2D eigenvalue weighted by Crippen LogP contribution is -2.51. The van der Waals surface area contributed by atoms with Gasteiger partial charge in [0.2, 0.25) is 11.8 Å². The van der Waals surface area contributed by atoms with Gasteiger partial charge in [-0.25, -0.2) is 0 Å². The third-order valence-corrected chi connectivity index (χ3v) is 7.15. The number of carbonyl (C=O) groups excluding carboxylic acids is 2. The Hall–Kier alpha value is -3.09. The number of ether oxygens (including phenoxy) is 1. The van der Waals surface area contributed by atoms with E-state index in [-0.39, 0.29) is 41.7 Å². The second-order valence-electron chi connectivity index (χ2n) is 8.97. The molecule has 2 fully saturated rings. The van der Waals surface area contributed by atoms with E-state index in [1.807, 2.05) is 39.8 Å². The molecular weight excluding hydrogens is 394 g/mol. The van der Waals surface area contributed by atoms with Crippen molar-refractivity contribution in [2.75, 3.05) is 27.2 Å². The van der Waals surface area contributed by atoms with Gasteiger partial charge >= 0.3 is 0 Å². The summed E-state index contributed by atoms with van der Waals surface area (Å²) in [4.78, 5) is 42.1. The molecule has 4 heterocycles. The summed E-state index contributed by atoms with van der Waals surface area (Å²) in [6, 6.07) is 12.7. The maximum absolute atomic E-state index is 13.7. The Balaban J connectivity index is 1.41. The summed E-state index contributed by atoms with van der Waals surface area (Å²) in [5.74, 6) is 0.816. The molecular formula is C24H27N3O4. The number of rotatable bonds is 3. The lowest BCUT2D eigenvalue weighted by molar-refractivity contribution is -0.139. The summed E-state index contributed by atoms with van der Waals surface area (Å²) in [6.07, 6.45) is 1.23. The van der Waals surface area contributed by atoms with Gasteiger partial charge in [-0.1, -0.05) is 18.2 Å². The van der Waals surface area contributed by atoms with E-state index in [4.69, 9.17) is 4.74 Å². The number of hydrogen-bond donors (Lipinski definition) is 0. The maximum atomic E-state index is 13.7. The number of fused-ring (bicyclic) bond motifs is 4. The molecule has 31 heavy (non-hydrogen) atoms. The van der Waals surface area contributed by atoms with Crippen molar-refractivity contribution in [2.24, 2.45) is 11.8 Å². The zero-order valence-electron chi connectivity index (χ0n) is 17.9. The van der Waals surface area contributed by atoms with Crippen LogP contribution in [0.25, 0.3) is 0 Å². The smallest absolute Gasteiger partial charge is 0.250 e. The average Bonchev–Trinajstić information content (AvgIpc) is 3.08. The normalized spacial score (nSPS) is 27.2. The molecule has 4 atom stereocenters. The lowest BCUT2D eigenvalue weighted by atomic mass is 9.82. The van der Waals surface area contributed by atoms with Gasteiger partial charge in [0.15, 0.2) is 0 Å². The first-order valence-electron chi connectivity index (χ1n) is 10.8. The Kier molecular flexibility index (Phi) is 4.84. The Labute approximate surface area is 181 Å². The quantitative estimate of drug-likeness (QED) is 0.760. The molecule has 0 saturated carbocycles. The second kappa shape index (κ2) is 7.55. The van der Waals surface area contributed by atoms with Crippen molar-refractivity contribution in [1.29, 1.82) is 0 Å². The number of benzene rings is 1. The fourth-order valence-corrected chi connectivity index (χ4v) is 5.66. The van der Waals surface area contributed by atoms with E-state index in [9.17, 15) is 14.4 Å². The lowest BCUT2D eigenvalue weighted by Gasteiger charge is -2.43. The summed E-state index contributed by atoms with van der Waals surface area (Å²) < 4.78 is 7.12. The van der Waals surface area contributed by atoms with Gasteiger partial charge in [-0.2, -0.15) is 0 Å². The summed E-state index contributed by atoms with van der Waals surface area (Å²) in [7, 11) is 3.39. The summed E-state index contributed by atoms with van der Waals surface area (Å²) in [6.45, 7) is 1.89. The van der Waals surface area contributed by atoms with Crippen LogP contribution in [0.3, 0.4) is 0 Å². The van der Waals surface area contributed by atoms with Crippen LogP contribution >= 0.6 is 0 Å².